The zero-order valence-electron chi connectivity index (χ0n) is 9.13. The van der Waals surface area contributed by atoms with Gasteiger partial charge in [-0.25, -0.2) is 0 Å². The number of nitrogens with zero attached hydrogens (tertiary/aromatic N) is 2. The summed E-state index contributed by atoms with van der Waals surface area (Å²) < 4.78 is 10.3. The average molecular weight is 262 g/mol. The molecule has 5 nitrogen and oxygen atoms in total. The quantitative estimate of drug-likeness (QED) is 0.766. The topological polar surface area (TPSA) is 78.1 Å². The smallest absolute Gasteiger partial charge is 0.230 e. The molecule has 3 aromatic heterocycles. The first-order chi connectivity index (χ1) is 8.75. The van der Waals surface area contributed by atoms with Gasteiger partial charge in [0.25, 0.3) is 0 Å². The Hall–Kier alpha value is -2.27. The molecule has 0 aliphatic heterocycles. The molecule has 0 aliphatic rings. The van der Waals surface area contributed by atoms with Crippen molar-refractivity contribution >= 4 is 17.5 Å². The fourth-order valence-corrected chi connectivity index (χ4v) is 1.86. The van der Waals surface area contributed by atoms with E-state index >= 15 is 0 Å². The molecule has 0 saturated heterocycles. The molecule has 0 radical (unpaired) electrons. The number of aromatic nitrogens is 2. The van der Waals surface area contributed by atoms with Gasteiger partial charge in [0.15, 0.2) is 16.7 Å². The molecule has 0 spiro atoms. The van der Waals surface area contributed by atoms with Crippen molar-refractivity contribution in [1.29, 1.82) is 0 Å². The van der Waals surface area contributed by atoms with Crippen molar-refractivity contribution in [3.63, 3.8) is 0 Å². The van der Waals surface area contributed by atoms with Crippen LogP contribution < -0.4 is 5.73 Å². The molecule has 0 atom stereocenters. The minimum atomic E-state index is 0.226. The summed E-state index contributed by atoms with van der Waals surface area (Å²) in [4.78, 5) is 3.96. The number of anilines is 1. The van der Waals surface area contributed by atoms with Crippen LogP contribution in [0.15, 0.2) is 45.6 Å². The molecule has 0 unspecified atom stereocenters. The van der Waals surface area contributed by atoms with E-state index in [1.54, 1.807) is 24.5 Å². The van der Waals surface area contributed by atoms with E-state index in [9.17, 15) is 0 Å². The summed E-state index contributed by atoms with van der Waals surface area (Å²) in [6.07, 6.45) is 3.33. The van der Waals surface area contributed by atoms with Crippen molar-refractivity contribution in [2.45, 2.75) is 0 Å². The maximum absolute atomic E-state index is 5.79. The molecule has 3 heterocycles. The Labute approximate surface area is 107 Å². The average Bonchev–Trinajstić information content (AvgIpc) is 2.96. The molecule has 0 aliphatic carbocycles. The predicted octanol–water partition coefficient (Wildman–Crippen LogP) is 3.23. The van der Waals surface area contributed by atoms with Gasteiger partial charge in [0.2, 0.25) is 5.88 Å². The molecule has 6 heteroatoms. The number of hydrogen-bond acceptors (Lipinski definition) is 5. The summed E-state index contributed by atoms with van der Waals surface area (Å²) in [6.45, 7) is 0. The highest BCUT2D eigenvalue weighted by Crippen LogP contribution is 2.36. The van der Waals surface area contributed by atoms with E-state index < -0.39 is 0 Å². The lowest BCUT2D eigenvalue weighted by Crippen LogP contribution is -1.87. The number of nitrogen functional groups attached to an aromatic ring is 1. The first kappa shape index (κ1) is 10.9. The summed E-state index contributed by atoms with van der Waals surface area (Å²) in [6, 6.07) is 6.98. The monoisotopic (exact) mass is 261 g/mol. The van der Waals surface area contributed by atoms with Crippen LogP contribution in [0.2, 0.25) is 5.22 Å². The van der Waals surface area contributed by atoms with Crippen LogP contribution in [0.5, 0.6) is 0 Å². The molecule has 18 heavy (non-hydrogen) atoms. The molecule has 0 aromatic carbocycles. The van der Waals surface area contributed by atoms with Crippen LogP contribution in [0.4, 0.5) is 5.88 Å². The fourth-order valence-electron chi connectivity index (χ4n) is 1.71. The first-order valence-corrected chi connectivity index (χ1v) is 5.55. The summed E-state index contributed by atoms with van der Waals surface area (Å²) in [5, 5.41) is 4.19. The standard InChI is InChI=1S/C12H8ClN3O2/c13-9-2-1-8(17-9)11-10(12(14)18-16-11)7-3-5-15-6-4-7/h1-6H,14H2. The third-order valence-corrected chi connectivity index (χ3v) is 2.70. The molecular formula is C12H8ClN3O2. The van der Waals surface area contributed by atoms with Gasteiger partial charge in [-0.3, -0.25) is 4.98 Å². The van der Waals surface area contributed by atoms with Crippen molar-refractivity contribution in [1.82, 2.24) is 10.1 Å². The Morgan fingerprint density at radius 1 is 1.11 bits per heavy atom. The Morgan fingerprint density at radius 2 is 1.89 bits per heavy atom. The number of hydrogen-bond donors (Lipinski definition) is 1. The maximum atomic E-state index is 5.79. The van der Waals surface area contributed by atoms with E-state index in [2.05, 4.69) is 10.1 Å². The van der Waals surface area contributed by atoms with Crippen LogP contribution >= 0.6 is 11.6 Å². The van der Waals surface area contributed by atoms with Crippen molar-refractivity contribution in [2.75, 3.05) is 5.73 Å². The van der Waals surface area contributed by atoms with Crippen molar-refractivity contribution < 1.29 is 8.94 Å². The number of furan rings is 1. The van der Waals surface area contributed by atoms with Crippen LogP contribution in [0.1, 0.15) is 0 Å². The zero-order chi connectivity index (χ0) is 12.5. The van der Waals surface area contributed by atoms with Gasteiger partial charge >= 0.3 is 0 Å². The molecule has 3 aromatic rings. The van der Waals surface area contributed by atoms with Gasteiger partial charge in [-0.15, -0.1) is 0 Å². The van der Waals surface area contributed by atoms with E-state index in [1.807, 2.05) is 12.1 Å². The second-order valence-electron chi connectivity index (χ2n) is 3.61. The van der Waals surface area contributed by atoms with Crippen LogP contribution in [0.3, 0.4) is 0 Å². The lowest BCUT2D eigenvalue weighted by atomic mass is 10.1. The minimum absolute atomic E-state index is 0.226. The zero-order valence-corrected chi connectivity index (χ0v) is 9.89. The van der Waals surface area contributed by atoms with Crippen LogP contribution in [-0.2, 0) is 0 Å². The Kier molecular flexibility index (Phi) is 2.53. The summed E-state index contributed by atoms with van der Waals surface area (Å²) in [7, 11) is 0. The molecular weight excluding hydrogens is 254 g/mol. The van der Waals surface area contributed by atoms with Gasteiger partial charge < -0.3 is 14.7 Å². The van der Waals surface area contributed by atoms with Gasteiger partial charge in [0.05, 0.1) is 5.56 Å². The number of rotatable bonds is 2. The highest BCUT2D eigenvalue weighted by molar-refractivity contribution is 6.29. The van der Waals surface area contributed by atoms with Crippen molar-refractivity contribution in [3.8, 4) is 22.6 Å². The number of nitrogens with two attached hydrogens (primary N) is 1. The minimum Gasteiger partial charge on any atom is -0.443 e. The van der Waals surface area contributed by atoms with Gasteiger partial charge in [-0.05, 0) is 41.4 Å². The maximum Gasteiger partial charge on any atom is 0.230 e. The molecule has 3 rings (SSSR count). The molecule has 90 valence electrons. The Balaban J connectivity index is 2.18. The third kappa shape index (κ3) is 1.74. The number of pyridine rings is 1. The van der Waals surface area contributed by atoms with Crippen LogP contribution in [0, 0.1) is 0 Å². The summed E-state index contributed by atoms with van der Waals surface area (Å²) in [5.41, 5.74) is 7.84. The first-order valence-electron chi connectivity index (χ1n) is 5.17. The van der Waals surface area contributed by atoms with Crippen molar-refractivity contribution in [3.05, 3.63) is 41.9 Å². The Morgan fingerprint density at radius 3 is 2.56 bits per heavy atom. The predicted molar refractivity (Wildman–Crippen MR) is 66.9 cm³/mol. The second kappa shape index (κ2) is 4.19. The highest BCUT2D eigenvalue weighted by Gasteiger charge is 2.19. The summed E-state index contributed by atoms with van der Waals surface area (Å²) in [5.74, 6) is 0.732. The highest BCUT2D eigenvalue weighted by atomic mass is 35.5. The van der Waals surface area contributed by atoms with E-state index in [-0.39, 0.29) is 11.1 Å². The van der Waals surface area contributed by atoms with E-state index in [4.69, 9.17) is 26.3 Å². The molecule has 0 amide bonds. The number of halogens is 1. The van der Waals surface area contributed by atoms with Gasteiger partial charge in [0.1, 0.15) is 0 Å². The van der Waals surface area contributed by atoms with Crippen LogP contribution in [0.25, 0.3) is 22.6 Å². The Bertz CT molecular complexity index is 676. The third-order valence-electron chi connectivity index (χ3n) is 2.49. The second-order valence-corrected chi connectivity index (χ2v) is 3.98. The lowest BCUT2D eigenvalue weighted by Gasteiger charge is -1.99. The van der Waals surface area contributed by atoms with E-state index in [0.717, 1.165) is 5.56 Å². The van der Waals surface area contributed by atoms with E-state index in [0.29, 0.717) is 17.0 Å². The lowest BCUT2D eigenvalue weighted by molar-refractivity contribution is 0.436. The fraction of sp³-hybridized carbons (Fsp3) is 0. The van der Waals surface area contributed by atoms with Crippen molar-refractivity contribution in [2.24, 2.45) is 0 Å². The molecule has 2 N–H and O–H groups in total. The normalized spacial score (nSPS) is 10.7. The van der Waals surface area contributed by atoms with E-state index in [1.165, 1.54) is 0 Å². The van der Waals surface area contributed by atoms with Gasteiger partial charge in [0, 0.05) is 12.4 Å². The molecule has 0 saturated carbocycles. The van der Waals surface area contributed by atoms with Crippen LogP contribution in [-0.4, -0.2) is 10.1 Å². The van der Waals surface area contributed by atoms with Gasteiger partial charge in [-0.2, -0.15) is 0 Å². The molecule has 0 bridgehead atoms. The largest absolute Gasteiger partial charge is 0.443 e. The molecule has 0 fully saturated rings. The SMILES string of the molecule is Nc1onc(-c2ccc(Cl)o2)c1-c1ccncc1. The van der Waals surface area contributed by atoms with Gasteiger partial charge in [-0.1, -0.05) is 5.16 Å². The summed E-state index contributed by atoms with van der Waals surface area (Å²) >= 11 is 5.75.